The van der Waals surface area contributed by atoms with Gasteiger partial charge in [-0.25, -0.2) is 9.18 Å². The number of nitrogen functional groups attached to an aromatic ring is 1. The molecule has 9 heteroatoms. The van der Waals surface area contributed by atoms with E-state index in [0.29, 0.717) is 25.0 Å². The van der Waals surface area contributed by atoms with E-state index in [1.165, 1.54) is 13.3 Å². The predicted octanol–water partition coefficient (Wildman–Crippen LogP) is 3.11. The fourth-order valence-corrected chi connectivity index (χ4v) is 5.20. The molecule has 1 saturated heterocycles. The van der Waals surface area contributed by atoms with Gasteiger partial charge in [-0.3, -0.25) is 4.79 Å². The van der Waals surface area contributed by atoms with Crippen molar-refractivity contribution in [2.45, 2.75) is 58.0 Å². The van der Waals surface area contributed by atoms with Crippen LogP contribution in [0.3, 0.4) is 0 Å². The van der Waals surface area contributed by atoms with Crippen molar-refractivity contribution in [3.63, 3.8) is 0 Å². The molecule has 2 heterocycles. The van der Waals surface area contributed by atoms with Gasteiger partial charge in [0.2, 0.25) is 5.43 Å². The number of rotatable bonds is 6. The molecule has 1 aliphatic carbocycles. The van der Waals surface area contributed by atoms with Gasteiger partial charge in [-0.05, 0) is 32.1 Å². The molecule has 32 heavy (non-hydrogen) atoms. The number of carboxylic acid groups (broad SMARTS) is 1. The minimum absolute atomic E-state index is 0.00313. The quantitative estimate of drug-likeness (QED) is 0.583. The highest BCUT2D eigenvalue weighted by Crippen LogP contribution is 2.48. The molecular formula is C23H31FN4O4. The molecule has 1 saturated carbocycles. The van der Waals surface area contributed by atoms with Crippen molar-refractivity contribution < 1.29 is 19.0 Å². The van der Waals surface area contributed by atoms with Crippen molar-refractivity contribution in [2.24, 2.45) is 11.1 Å². The lowest BCUT2D eigenvalue weighted by atomic mass is 9.72. The van der Waals surface area contributed by atoms with Gasteiger partial charge in [0, 0.05) is 36.8 Å². The summed E-state index contributed by atoms with van der Waals surface area (Å²) >= 11 is 0. The Balaban J connectivity index is 2.03. The van der Waals surface area contributed by atoms with Gasteiger partial charge in [-0.15, -0.1) is 0 Å². The van der Waals surface area contributed by atoms with Crippen LogP contribution in [0.25, 0.3) is 10.9 Å². The molecule has 2 aromatic rings. The fraction of sp³-hybridized carbons (Fsp3) is 0.565. The maximum absolute atomic E-state index is 15.8. The van der Waals surface area contributed by atoms with Crippen LogP contribution in [0.1, 0.15) is 62.4 Å². The van der Waals surface area contributed by atoms with Crippen molar-refractivity contribution >= 4 is 28.2 Å². The van der Waals surface area contributed by atoms with Crippen LogP contribution in [0.15, 0.2) is 11.0 Å². The lowest BCUT2D eigenvalue weighted by Gasteiger charge is -2.47. The van der Waals surface area contributed by atoms with Crippen molar-refractivity contribution in [3.05, 3.63) is 27.8 Å². The van der Waals surface area contributed by atoms with E-state index in [4.69, 9.17) is 16.2 Å². The van der Waals surface area contributed by atoms with Gasteiger partial charge in [0.15, 0.2) is 11.6 Å². The average Bonchev–Trinajstić information content (AvgIpc) is 3.61. The minimum Gasteiger partial charge on any atom is -0.492 e. The molecule has 1 aliphatic heterocycles. The van der Waals surface area contributed by atoms with Crippen molar-refractivity contribution in [2.75, 3.05) is 30.8 Å². The van der Waals surface area contributed by atoms with Crippen molar-refractivity contribution in [1.82, 2.24) is 4.57 Å². The Morgan fingerprint density at radius 2 is 1.97 bits per heavy atom. The maximum atomic E-state index is 15.8. The van der Waals surface area contributed by atoms with E-state index in [2.05, 4.69) is 13.8 Å². The minimum atomic E-state index is -1.37. The molecule has 8 nitrogen and oxygen atoms in total. The highest BCUT2D eigenvalue weighted by atomic mass is 19.1. The van der Waals surface area contributed by atoms with Gasteiger partial charge in [0.25, 0.3) is 0 Å². The first-order valence-electron chi connectivity index (χ1n) is 11.2. The van der Waals surface area contributed by atoms with Gasteiger partial charge in [-0.2, -0.15) is 0 Å². The summed E-state index contributed by atoms with van der Waals surface area (Å²) in [6.07, 6.45) is 5.39. The molecule has 1 aromatic heterocycles. The largest absolute Gasteiger partial charge is 0.492 e. The summed E-state index contributed by atoms with van der Waals surface area (Å²) in [5.41, 5.74) is 11.5. The number of benzene rings is 1. The molecule has 2 aliphatic rings. The van der Waals surface area contributed by atoms with Crippen molar-refractivity contribution in [1.29, 1.82) is 0 Å². The number of aromatic carboxylic acids is 1. The van der Waals surface area contributed by atoms with Gasteiger partial charge >= 0.3 is 5.97 Å². The Morgan fingerprint density at radius 3 is 2.50 bits per heavy atom. The van der Waals surface area contributed by atoms with Gasteiger partial charge in [0.05, 0.1) is 23.7 Å². The van der Waals surface area contributed by atoms with Crippen LogP contribution < -0.4 is 26.5 Å². The number of ether oxygens (including phenoxy) is 1. The number of carbonyl (C=O) groups is 1. The van der Waals surface area contributed by atoms with Crippen LogP contribution in [0, 0.1) is 11.2 Å². The second kappa shape index (κ2) is 7.95. The Morgan fingerprint density at radius 1 is 1.31 bits per heavy atom. The van der Waals surface area contributed by atoms with E-state index in [1.807, 2.05) is 4.90 Å². The molecule has 174 valence electrons. The number of aromatic nitrogens is 1. The summed E-state index contributed by atoms with van der Waals surface area (Å²) in [7, 11) is 1.43. The number of hydrogen-bond donors (Lipinski definition) is 3. The number of halogens is 1. The van der Waals surface area contributed by atoms with E-state index in [1.54, 1.807) is 4.57 Å². The van der Waals surface area contributed by atoms with Gasteiger partial charge in [0.1, 0.15) is 11.3 Å². The highest BCUT2D eigenvalue weighted by Gasteiger charge is 2.41. The number of nitrogens with zero attached hydrogens (tertiary/aromatic N) is 2. The molecule has 4 rings (SSSR count). The van der Waals surface area contributed by atoms with Crippen LogP contribution in [-0.4, -0.2) is 41.9 Å². The molecule has 0 radical (unpaired) electrons. The van der Waals surface area contributed by atoms with E-state index in [0.717, 1.165) is 25.7 Å². The second-order valence-corrected chi connectivity index (χ2v) is 9.03. The zero-order valence-corrected chi connectivity index (χ0v) is 18.8. The predicted molar refractivity (Wildman–Crippen MR) is 122 cm³/mol. The van der Waals surface area contributed by atoms with E-state index in [-0.39, 0.29) is 40.0 Å². The van der Waals surface area contributed by atoms with E-state index < -0.39 is 22.8 Å². The number of carboxylic acids is 1. The Bertz CT molecular complexity index is 1140. The number of fused-ring (bicyclic) bond motifs is 1. The molecule has 2 fully saturated rings. The normalized spacial score (nSPS) is 20.5. The topological polar surface area (TPSA) is 124 Å². The Labute approximate surface area is 185 Å². The molecule has 0 bridgehead atoms. The molecule has 1 unspecified atom stereocenters. The summed E-state index contributed by atoms with van der Waals surface area (Å²) in [5.74, 6) is -1.91. The summed E-state index contributed by atoms with van der Waals surface area (Å²) in [5, 5.41) is 9.40. The Hall–Kier alpha value is -2.81. The van der Waals surface area contributed by atoms with E-state index in [9.17, 15) is 14.7 Å². The van der Waals surface area contributed by atoms with Crippen LogP contribution in [0.4, 0.5) is 15.8 Å². The van der Waals surface area contributed by atoms with Crippen LogP contribution in [0.2, 0.25) is 0 Å². The number of piperidine rings is 1. The molecule has 5 N–H and O–H groups in total. The fourth-order valence-electron chi connectivity index (χ4n) is 5.20. The first kappa shape index (κ1) is 22.4. The summed E-state index contributed by atoms with van der Waals surface area (Å²) in [6.45, 7) is 5.25. The third-order valence-electron chi connectivity index (χ3n) is 7.48. The zero-order chi connectivity index (χ0) is 23.4. The van der Waals surface area contributed by atoms with Gasteiger partial charge < -0.3 is 30.8 Å². The SMILES string of the molecule is CCC1(CC)CN(c2c(F)c(N)c3c(=O)c(C(=O)O)cn(C4CC4)c3c2OC)CCC1N. The standard InChI is InChI=1S/C23H31FN4O4/c1-4-23(5-2)11-27(9-8-14(23)25)19-16(24)17(26)15-18(21(19)32-3)28(12-6-7-12)10-13(20(15)29)22(30)31/h10,12,14H,4-9,11,25-26H2,1-3H3,(H,30,31). The first-order chi connectivity index (χ1) is 15.2. The average molecular weight is 447 g/mol. The van der Waals surface area contributed by atoms with E-state index >= 15 is 4.39 Å². The van der Waals surface area contributed by atoms with Crippen LogP contribution >= 0.6 is 0 Å². The Kier molecular flexibility index (Phi) is 5.56. The number of anilines is 2. The van der Waals surface area contributed by atoms with Crippen LogP contribution in [0.5, 0.6) is 5.75 Å². The van der Waals surface area contributed by atoms with Crippen molar-refractivity contribution in [3.8, 4) is 5.75 Å². The number of hydrogen-bond acceptors (Lipinski definition) is 6. The molecule has 1 atom stereocenters. The monoisotopic (exact) mass is 446 g/mol. The first-order valence-corrected chi connectivity index (χ1v) is 11.2. The number of methoxy groups -OCH3 is 1. The third kappa shape index (κ3) is 3.21. The molecule has 0 spiro atoms. The second-order valence-electron chi connectivity index (χ2n) is 9.03. The summed E-state index contributed by atoms with van der Waals surface area (Å²) < 4.78 is 23.2. The zero-order valence-electron chi connectivity index (χ0n) is 18.8. The third-order valence-corrected chi connectivity index (χ3v) is 7.48. The van der Waals surface area contributed by atoms with Crippen LogP contribution in [-0.2, 0) is 0 Å². The maximum Gasteiger partial charge on any atom is 0.341 e. The number of nitrogens with two attached hydrogens (primary N) is 2. The molecular weight excluding hydrogens is 415 g/mol. The van der Waals surface area contributed by atoms with Gasteiger partial charge in [-0.1, -0.05) is 13.8 Å². The lowest BCUT2D eigenvalue weighted by molar-refractivity contribution is 0.0695. The molecule has 1 aromatic carbocycles. The smallest absolute Gasteiger partial charge is 0.341 e. The molecule has 0 amide bonds. The highest BCUT2D eigenvalue weighted by molar-refractivity contribution is 6.03. The lowest BCUT2D eigenvalue weighted by Crippen LogP contribution is -2.55. The number of pyridine rings is 1. The summed E-state index contributed by atoms with van der Waals surface area (Å²) in [4.78, 5) is 26.6. The summed E-state index contributed by atoms with van der Waals surface area (Å²) in [6, 6.07) is 0.0198.